The molecule has 2 aromatic carbocycles. The fraction of sp³-hybridized carbons (Fsp3) is 0.263. The number of nitrogens with one attached hydrogen (secondary N) is 1. The van der Waals surface area contributed by atoms with Crippen molar-refractivity contribution < 1.29 is 23.5 Å². The second-order valence-electron chi connectivity index (χ2n) is 5.79. The number of hydrogen-bond acceptors (Lipinski definition) is 4. The summed E-state index contributed by atoms with van der Waals surface area (Å²) in [6, 6.07) is 8.19. The van der Waals surface area contributed by atoms with Crippen molar-refractivity contribution in [3.63, 3.8) is 0 Å². The molecule has 8 heteroatoms. The Morgan fingerprint density at radius 1 is 1.11 bits per heavy atom. The van der Waals surface area contributed by atoms with Crippen molar-refractivity contribution in [1.82, 2.24) is 5.32 Å². The predicted molar refractivity (Wildman–Crippen MR) is 101 cm³/mol. The molecule has 0 bridgehead atoms. The Kier molecular flexibility index (Phi) is 7.05. The molecule has 0 unspecified atom stereocenters. The summed E-state index contributed by atoms with van der Waals surface area (Å²) >= 11 is 12.0. The fourth-order valence-corrected chi connectivity index (χ4v) is 2.90. The van der Waals surface area contributed by atoms with Crippen molar-refractivity contribution >= 4 is 35.1 Å². The Morgan fingerprint density at radius 2 is 1.81 bits per heavy atom. The van der Waals surface area contributed by atoms with Crippen LogP contribution in [-0.2, 0) is 9.53 Å². The number of amides is 1. The number of halogens is 3. The van der Waals surface area contributed by atoms with Crippen LogP contribution < -0.4 is 10.1 Å². The second kappa shape index (κ2) is 9.06. The smallest absolute Gasteiger partial charge is 0.341 e. The van der Waals surface area contributed by atoms with Crippen LogP contribution in [0.25, 0.3) is 0 Å². The van der Waals surface area contributed by atoms with E-state index in [-0.39, 0.29) is 11.3 Å². The first kappa shape index (κ1) is 21.0. The summed E-state index contributed by atoms with van der Waals surface area (Å²) in [5.74, 6) is -2.03. The number of rotatable bonds is 6. The van der Waals surface area contributed by atoms with Gasteiger partial charge in [0.15, 0.2) is 6.10 Å². The van der Waals surface area contributed by atoms with Gasteiger partial charge in [-0.05, 0) is 43.7 Å². The molecule has 1 N–H and O–H groups in total. The van der Waals surface area contributed by atoms with Crippen LogP contribution in [0.4, 0.5) is 4.39 Å². The second-order valence-corrected chi connectivity index (χ2v) is 6.63. The molecule has 0 aliphatic rings. The monoisotopic (exact) mass is 413 g/mol. The maximum Gasteiger partial charge on any atom is 0.341 e. The van der Waals surface area contributed by atoms with E-state index in [1.807, 2.05) is 0 Å². The van der Waals surface area contributed by atoms with E-state index in [9.17, 15) is 14.0 Å². The van der Waals surface area contributed by atoms with E-state index in [4.69, 9.17) is 32.7 Å². The van der Waals surface area contributed by atoms with Crippen LogP contribution in [0.1, 0.15) is 35.8 Å². The van der Waals surface area contributed by atoms with Gasteiger partial charge in [-0.15, -0.1) is 0 Å². The predicted octanol–water partition coefficient (Wildman–Crippen LogP) is 4.56. The van der Waals surface area contributed by atoms with Gasteiger partial charge in [-0.1, -0.05) is 29.3 Å². The van der Waals surface area contributed by atoms with Gasteiger partial charge in [0.05, 0.1) is 18.7 Å². The number of esters is 1. The van der Waals surface area contributed by atoms with E-state index in [1.165, 1.54) is 26.2 Å². The molecule has 0 saturated carbocycles. The summed E-state index contributed by atoms with van der Waals surface area (Å²) in [6.45, 7) is 3.12. The highest BCUT2D eigenvalue weighted by Crippen LogP contribution is 2.26. The highest BCUT2D eigenvalue weighted by atomic mass is 35.5. The molecule has 2 rings (SSSR count). The topological polar surface area (TPSA) is 64.6 Å². The van der Waals surface area contributed by atoms with Crippen molar-refractivity contribution in [2.24, 2.45) is 0 Å². The number of carbonyl (C=O) groups is 2. The number of methoxy groups -OCH3 is 1. The molecule has 0 heterocycles. The van der Waals surface area contributed by atoms with Crippen LogP contribution >= 0.6 is 23.2 Å². The number of hydrogen-bond donors (Lipinski definition) is 1. The van der Waals surface area contributed by atoms with E-state index in [0.717, 1.165) is 6.07 Å². The summed E-state index contributed by atoms with van der Waals surface area (Å²) in [6.07, 6.45) is -1.13. The Labute approximate surface area is 166 Å². The van der Waals surface area contributed by atoms with Gasteiger partial charge >= 0.3 is 5.97 Å². The molecular formula is C19H18Cl2FNO4. The average Bonchev–Trinajstić information content (AvgIpc) is 2.60. The molecule has 0 fully saturated rings. The normalized spacial score (nSPS) is 12.8. The summed E-state index contributed by atoms with van der Waals surface area (Å²) in [4.78, 5) is 24.4. The largest absolute Gasteiger partial charge is 0.497 e. The molecule has 0 spiro atoms. The Balaban J connectivity index is 2.01. The van der Waals surface area contributed by atoms with Crippen LogP contribution in [-0.4, -0.2) is 25.1 Å². The first-order valence-electron chi connectivity index (χ1n) is 8.02. The maximum absolute atomic E-state index is 13.9. The Hall–Kier alpha value is -2.31. The van der Waals surface area contributed by atoms with E-state index < -0.39 is 29.8 Å². The highest BCUT2D eigenvalue weighted by Gasteiger charge is 2.23. The van der Waals surface area contributed by atoms with Crippen molar-refractivity contribution in [3.8, 4) is 5.75 Å². The standard InChI is InChI=1S/C19H18Cl2FNO4/c1-10(14-6-4-12(20)8-16(14)21)23-18(24)11(2)27-19(25)15-7-5-13(26-3)9-17(15)22/h4-11H,1-3H3,(H,23,24)/t10-,11+/m0/s1. The number of benzene rings is 2. The lowest BCUT2D eigenvalue weighted by molar-refractivity contribution is -0.129. The molecule has 0 aliphatic heterocycles. The third kappa shape index (κ3) is 5.34. The van der Waals surface area contributed by atoms with E-state index in [0.29, 0.717) is 15.6 Å². The molecule has 0 aromatic heterocycles. The van der Waals surface area contributed by atoms with Gasteiger partial charge in [0.2, 0.25) is 0 Å². The maximum atomic E-state index is 13.9. The molecule has 5 nitrogen and oxygen atoms in total. The minimum atomic E-state index is -1.13. The fourth-order valence-electron chi connectivity index (χ4n) is 2.33. The lowest BCUT2D eigenvalue weighted by Crippen LogP contribution is -2.37. The van der Waals surface area contributed by atoms with Crippen molar-refractivity contribution in [1.29, 1.82) is 0 Å². The van der Waals surface area contributed by atoms with Crippen molar-refractivity contribution in [2.75, 3.05) is 7.11 Å². The zero-order chi connectivity index (χ0) is 20.1. The minimum absolute atomic E-state index is 0.267. The molecule has 0 saturated heterocycles. The number of ether oxygens (including phenoxy) is 2. The Bertz CT molecular complexity index is 860. The van der Waals surface area contributed by atoms with E-state index >= 15 is 0 Å². The van der Waals surface area contributed by atoms with Gasteiger partial charge in [0.1, 0.15) is 11.6 Å². The molecule has 2 atom stereocenters. The van der Waals surface area contributed by atoms with Gasteiger partial charge in [-0.2, -0.15) is 0 Å². The lowest BCUT2D eigenvalue weighted by Gasteiger charge is -2.19. The number of carbonyl (C=O) groups excluding carboxylic acids is 2. The molecule has 27 heavy (non-hydrogen) atoms. The molecule has 0 aliphatic carbocycles. The summed E-state index contributed by atoms with van der Waals surface area (Å²) < 4.78 is 23.9. The van der Waals surface area contributed by atoms with Gasteiger partial charge < -0.3 is 14.8 Å². The average molecular weight is 414 g/mol. The minimum Gasteiger partial charge on any atom is -0.497 e. The summed E-state index contributed by atoms with van der Waals surface area (Å²) in [5, 5.41) is 3.57. The Morgan fingerprint density at radius 3 is 2.41 bits per heavy atom. The summed E-state index contributed by atoms with van der Waals surface area (Å²) in [7, 11) is 1.38. The van der Waals surface area contributed by atoms with Crippen LogP contribution in [0, 0.1) is 5.82 Å². The molecule has 2 aromatic rings. The first-order chi connectivity index (χ1) is 12.7. The highest BCUT2D eigenvalue weighted by molar-refractivity contribution is 6.35. The molecule has 0 radical (unpaired) electrons. The lowest BCUT2D eigenvalue weighted by atomic mass is 10.1. The van der Waals surface area contributed by atoms with Crippen molar-refractivity contribution in [2.45, 2.75) is 26.0 Å². The van der Waals surface area contributed by atoms with Gasteiger partial charge in [0.25, 0.3) is 5.91 Å². The summed E-state index contributed by atoms with van der Waals surface area (Å²) in [5.41, 5.74) is 0.374. The van der Waals surface area contributed by atoms with Crippen molar-refractivity contribution in [3.05, 3.63) is 63.4 Å². The van der Waals surface area contributed by atoms with Gasteiger partial charge in [-0.25, -0.2) is 9.18 Å². The third-order valence-electron chi connectivity index (χ3n) is 3.84. The molecular weight excluding hydrogens is 396 g/mol. The van der Waals surface area contributed by atoms with Crippen LogP contribution in [0.5, 0.6) is 5.75 Å². The van der Waals surface area contributed by atoms with E-state index in [2.05, 4.69) is 5.32 Å². The van der Waals surface area contributed by atoms with Crippen LogP contribution in [0.2, 0.25) is 10.0 Å². The quantitative estimate of drug-likeness (QED) is 0.704. The molecule has 144 valence electrons. The third-order valence-corrected chi connectivity index (χ3v) is 4.40. The van der Waals surface area contributed by atoms with Crippen LogP contribution in [0.3, 0.4) is 0 Å². The van der Waals surface area contributed by atoms with Gasteiger partial charge in [-0.3, -0.25) is 4.79 Å². The van der Waals surface area contributed by atoms with Crippen LogP contribution in [0.15, 0.2) is 36.4 Å². The molecule has 1 amide bonds. The zero-order valence-corrected chi connectivity index (χ0v) is 16.4. The zero-order valence-electron chi connectivity index (χ0n) is 14.9. The SMILES string of the molecule is COc1ccc(C(=O)O[C@H](C)C(=O)N[C@@H](C)c2ccc(Cl)cc2Cl)c(F)c1. The van der Waals surface area contributed by atoms with Gasteiger partial charge in [0, 0.05) is 16.1 Å². The first-order valence-corrected chi connectivity index (χ1v) is 8.78. The van der Waals surface area contributed by atoms with E-state index in [1.54, 1.807) is 25.1 Å².